The van der Waals surface area contributed by atoms with Gasteiger partial charge in [-0.2, -0.15) is 0 Å². The molecule has 7 heteroatoms. The summed E-state index contributed by atoms with van der Waals surface area (Å²) in [4.78, 5) is 16.3. The first-order chi connectivity index (χ1) is 25.6. The second kappa shape index (κ2) is 13.8. The Bertz CT molecular complexity index is 2300. The van der Waals surface area contributed by atoms with Gasteiger partial charge >= 0.3 is 5.97 Å². The summed E-state index contributed by atoms with van der Waals surface area (Å²) in [6, 6.07) is 24.9. The number of hydrogen-bond donors (Lipinski definition) is 0. The Balaban J connectivity index is 1.69. The summed E-state index contributed by atoms with van der Waals surface area (Å²) in [5.74, 6) is 1.27. The van der Waals surface area contributed by atoms with Gasteiger partial charge in [-0.3, -0.25) is 0 Å². The van der Waals surface area contributed by atoms with Gasteiger partial charge in [-0.1, -0.05) is 30.3 Å². The molecule has 1 aliphatic heterocycles. The van der Waals surface area contributed by atoms with E-state index in [2.05, 4.69) is 124 Å². The number of fused-ring (bicyclic) bond motifs is 3. The zero-order chi connectivity index (χ0) is 37.8. The molecule has 0 aliphatic carbocycles. The van der Waals surface area contributed by atoms with Crippen LogP contribution in [-0.2, 0) is 23.4 Å². The largest absolute Gasteiger partial charge is 0.497 e. The maximum atomic E-state index is 14.0. The number of carbonyl (C=O) groups excluding carboxylic acids is 1. The lowest BCUT2D eigenvalue weighted by molar-refractivity contribution is 0.0276. The van der Waals surface area contributed by atoms with Gasteiger partial charge in [0.05, 0.1) is 30.8 Å². The SMILES string of the molecule is CCN(CC)c1ccc(C2(C=C(c3c(C)n(CC)c4c(C)cc(OC)cc34)c3c(C)n(CC)c4c(C)cc(OC)cc34)OC(=O)c3ccccc32)cc1. The van der Waals surface area contributed by atoms with Crippen molar-refractivity contribution < 1.29 is 19.0 Å². The smallest absolute Gasteiger partial charge is 0.340 e. The molecule has 0 saturated heterocycles. The zero-order valence-electron chi connectivity index (χ0n) is 32.8. The Hall–Kier alpha value is -5.43. The summed E-state index contributed by atoms with van der Waals surface area (Å²) < 4.78 is 23.3. The van der Waals surface area contributed by atoms with Crippen molar-refractivity contribution in [1.29, 1.82) is 0 Å². The fourth-order valence-electron chi connectivity index (χ4n) is 8.92. The summed E-state index contributed by atoms with van der Waals surface area (Å²) in [5.41, 5.74) is 12.2. The maximum absolute atomic E-state index is 14.0. The Labute approximate surface area is 313 Å². The molecule has 3 heterocycles. The molecular formula is C46H51N3O4. The van der Waals surface area contributed by atoms with E-state index < -0.39 is 5.60 Å². The number of hydrogen-bond acceptors (Lipinski definition) is 5. The lowest BCUT2D eigenvalue weighted by Gasteiger charge is -2.29. The van der Waals surface area contributed by atoms with Gasteiger partial charge in [0, 0.05) is 76.3 Å². The molecule has 6 aromatic rings. The molecule has 0 bridgehead atoms. The molecule has 0 saturated carbocycles. The molecule has 1 atom stereocenters. The Morgan fingerprint density at radius 1 is 0.736 bits per heavy atom. The highest BCUT2D eigenvalue weighted by Crippen LogP contribution is 2.50. The number of ether oxygens (including phenoxy) is 3. The van der Waals surface area contributed by atoms with Gasteiger partial charge in [-0.05, 0) is 121 Å². The molecular weight excluding hydrogens is 659 g/mol. The van der Waals surface area contributed by atoms with Gasteiger partial charge in [0.25, 0.3) is 0 Å². The first-order valence-corrected chi connectivity index (χ1v) is 18.8. The van der Waals surface area contributed by atoms with Crippen LogP contribution in [0.5, 0.6) is 11.5 Å². The molecule has 274 valence electrons. The highest BCUT2D eigenvalue weighted by atomic mass is 16.6. The minimum absolute atomic E-state index is 0.334. The molecule has 0 radical (unpaired) electrons. The number of rotatable bonds is 11. The average Bonchev–Trinajstić information content (AvgIpc) is 3.74. The van der Waals surface area contributed by atoms with Gasteiger partial charge in [0.2, 0.25) is 0 Å². The number of aromatic nitrogens is 2. The maximum Gasteiger partial charge on any atom is 0.340 e. The molecule has 1 aliphatic rings. The number of esters is 1. The standard InChI is InChI=1S/C46H51N3O4/c1-11-47(12-2)33-21-19-32(20-22-33)46(40-18-16-15-17-36(40)45(50)53-46)27-39(41-30(7)48(13-3)43-28(5)23-34(51-9)25-37(41)43)42-31(8)49(14-4)44-29(6)24-35(52-10)26-38(42)44/h15-27H,11-14H2,1-10H3. The predicted molar refractivity (Wildman–Crippen MR) is 217 cm³/mol. The lowest BCUT2D eigenvalue weighted by Crippen LogP contribution is -2.27. The Morgan fingerprint density at radius 3 is 1.72 bits per heavy atom. The number of anilines is 1. The fraction of sp³-hybridized carbons (Fsp3) is 0.326. The van der Waals surface area contributed by atoms with E-state index >= 15 is 0 Å². The van der Waals surface area contributed by atoms with Crippen LogP contribution >= 0.6 is 0 Å². The van der Waals surface area contributed by atoms with Crippen LogP contribution in [0.15, 0.2) is 78.9 Å². The van der Waals surface area contributed by atoms with Crippen LogP contribution in [0.4, 0.5) is 5.69 Å². The quantitative estimate of drug-likeness (QED) is 0.125. The van der Waals surface area contributed by atoms with Gasteiger partial charge in [0.15, 0.2) is 5.60 Å². The summed E-state index contributed by atoms with van der Waals surface area (Å²) in [6.45, 7) is 20.8. The van der Waals surface area contributed by atoms with E-state index in [0.29, 0.717) is 5.56 Å². The van der Waals surface area contributed by atoms with E-state index in [1.807, 2.05) is 24.3 Å². The van der Waals surface area contributed by atoms with Gasteiger partial charge in [-0.15, -0.1) is 0 Å². The molecule has 0 amide bonds. The van der Waals surface area contributed by atoms with Crippen LogP contribution in [0.2, 0.25) is 0 Å². The van der Waals surface area contributed by atoms with Crippen molar-refractivity contribution in [3.63, 3.8) is 0 Å². The van der Waals surface area contributed by atoms with Crippen LogP contribution in [0, 0.1) is 27.7 Å². The van der Waals surface area contributed by atoms with E-state index in [1.54, 1.807) is 14.2 Å². The summed E-state index contributed by atoms with van der Waals surface area (Å²) in [6.07, 6.45) is 2.23. The number of aryl methyl sites for hydroxylation is 4. The van der Waals surface area contributed by atoms with Gasteiger partial charge < -0.3 is 28.2 Å². The number of nitrogens with zero attached hydrogens (tertiary/aromatic N) is 3. The van der Waals surface area contributed by atoms with Gasteiger partial charge in [-0.25, -0.2) is 4.79 Å². The molecule has 1 unspecified atom stereocenters. The van der Waals surface area contributed by atoms with Crippen LogP contribution < -0.4 is 14.4 Å². The highest BCUT2D eigenvalue weighted by molar-refractivity contribution is 6.08. The van der Waals surface area contributed by atoms with Crippen molar-refractivity contribution in [3.05, 3.63) is 129 Å². The van der Waals surface area contributed by atoms with E-state index in [-0.39, 0.29) is 5.97 Å². The number of benzene rings is 4. The van der Waals surface area contributed by atoms with Crippen molar-refractivity contribution in [1.82, 2.24) is 9.13 Å². The zero-order valence-corrected chi connectivity index (χ0v) is 32.8. The number of cyclic esters (lactones) is 1. The molecule has 7 rings (SSSR count). The van der Waals surface area contributed by atoms with E-state index in [1.165, 1.54) is 11.0 Å². The van der Waals surface area contributed by atoms with Crippen LogP contribution in [-0.4, -0.2) is 42.4 Å². The molecule has 7 nitrogen and oxygen atoms in total. The van der Waals surface area contributed by atoms with Crippen molar-refractivity contribution in [2.24, 2.45) is 0 Å². The number of methoxy groups -OCH3 is 2. The molecule has 2 aromatic heterocycles. The first kappa shape index (κ1) is 36.0. The molecule has 0 fully saturated rings. The van der Waals surface area contributed by atoms with Crippen LogP contribution in [0.3, 0.4) is 0 Å². The highest BCUT2D eigenvalue weighted by Gasteiger charge is 2.46. The van der Waals surface area contributed by atoms with Crippen molar-refractivity contribution in [3.8, 4) is 11.5 Å². The third kappa shape index (κ3) is 5.51. The average molecular weight is 710 g/mol. The molecule has 0 N–H and O–H groups in total. The van der Waals surface area contributed by atoms with E-state index in [4.69, 9.17) is 14.2 Å². The number of carbonyl (C=O) groups is 1. The minimum atomic E-state index is -1.22. The first-order valence-electron chi connectivity index (χ1n) is 18.8. The van der Waals surface area contributed by atoms with Crippen molar-refractivity contribution in [2.45, 2.75) is 74.1 Å². The minimum Gasteiger partial charge on any atom is -0.497 e. The second-order valence-corrected chi connectivity index (χ2v) is 14.0. The van der Waals surface area contributed by atoms with Crippen molar-refractivity contribution in [2.75, 3.05) is 32.2 Å². The third-order valence-electron chi connectivity index (χ3n) is 11.4. The molecule has 0 spiro atoms. The third-order valence-corrected chi connectivity index (χ3v) is 11.4. The summed E-state index contributed by atoms with van der Waals surface area (Å²) in [7, 11) is 3.45. The molecule has 53 heavy (non-hydrogen) atoms. The van der Waals surface area contributed by atoms with Crippen molar-refractivity contribution >= 4 is 39.0 Å². The normalized spacial score (nSPS) is 15.2. The Kier molecular flexibility index (Phi) is 9.39. The fourth-order valence-corrected chi connectivity index (χ4v) is 8.92. The van der Waals surface area contributed by atoms with Crippen LogP contribution in [0.1, 0.15) is 82.8 Å². The topological polar surface area (TPSA) is 57.9 Å². The van der Waals surface area contributed by atoms with E-state index in [9.17, 15) is 4.79 Å². The van der Waals surface area contributed by atoms with Gasteiger partial charge in [0.1, 0.15) is 11.5 Å². The van der Waals surface area contributed by atoms with Crippen LogP contribution in [0.25, 0.3) is 27.4 Å². The Morgan fingerprint density at radius 2 is 1.25 bits per heavy atom. The molecule has 4 aromatic carbocycles. The monoisotopic (exact) mass is 709 g/mol. The second-order valence-electron chi connectivity index (χ2n) is 14.0. The summed E-state index contributed by atoms with van der Waals surface area (Å²) in [5, 5.41) is 2.18. The summed E-state index contributed by atoms with van der Waals surface area (Å²) >= 11 is 0. The lowest BCUT2D eigenvalue weighted by atomic mass is 9.80. The predicted octanol–water partition coefficient (Wildman–Crippen LogP) is 10.3. The van der Waals surface area contributed by atoms with E-state index in [0.717, 1.165) is 104 Å².